The number of benzene rings is 2. The van der Waals surface area contributed by atoms with E-state index in [0.717, 1.165) is 5.56 Å². The maximum atomic E-state index is 14.7. The summed E-state index contributed by atoms with van der Waals surface area (Å²) in [5.41, 5.74) is 2.61. The van der Waals surface area contributed by atoms with Crippen LogP contribution in [0.4, 0.5) is 8.78 Å². The molecule has 0 bridgehead atoms. The van der Waals surface area contributed by atoms with Gasteiger partial charge >= 0.3 is 5.97 Å². The molecule has 172 valence electrons. The van der Waals surface area contributed by atoms with Gasteiger partial charge in [0.15, 0.2) is 11.6 Å². The number of hydrogen-bond donors (Lipinski definition) is 2. The molecule has 0 saturated heterocycles. The number of nitrogens with zero attached hydrogens (tertiary/aromatic N) is 1. The van der Waals surface area contributed by atoms with Crippen molar-refractivity contribution in [2.24, 2.45) is 0 Å². The highest BCUT2D eigenvalue weighted by molar-refractivity contribution is 5.89. The van der Waals surface area contributed by atoms with Crippen molar-refractivity contribution in [2.45, 2.75) is 19.8 Å². The van der Waals surface area contributed by atoms with Crippen LogP contribution in [-0.2, 0) is 17.6 Å². The van der Waals surface area contributed by atoms with Crippen molar-refractivity contribution in [3.8, 4) is 22.9 Å². The number of aromatic carboxylic acids is 1. The number of carboxylic acids is 1. The largest absolute Gasteiger partial charge is 0.478 e. The fourth-order valence-electron chi connectivity index (χ4n) is 3.49. The monoisotopic (exact) mass is 462 g/mol. The molecule has 6 nitrogen and oxygen atoms in total. The number of carboxylic acid groups (broad SMARTS) is 1. The summed E-state index contributed by atoms with van der Waals surface area (Å²) in [5.74, 6) is -2.14. The molecule has 0 aliphatic heterocycles. The maximum Gasteiger partial charge on any atom is 0.337 e. The zero-order valence-corrected chi connectivity index (χ0v) is 18.1. The van der Waals surface area contributed by atoms with E-state index < -0.39 is 17.6 Å². The van der Waals surface area contributed by atoms with Crippen LogP contribution in [0, 0.1) is 18.6 Å². The van der Waals surface area contributed by atoms with E-state index in [9.17, 15) is 18.4 Å². The zero-order chi connectivity index (χ0) is 24.2. The maximum absolute atomic E-state index is 14.7. The third kappa shape index (κ3) is 5.35. The van der Waals surface area contributed by atoms with Gasteiger partial charge in [0.2, 0.25) is 0 Å². The first-order chi connectivity index (χ1) is 16.3. The second kappa shape index (κ2) is 9.66. The number of pyridine rings is 1. The minimum atomic E-state index is -1.07. The molecule has 0 aliphatic rings. The third-order valence-corrected chi connectivity index (χ3v) is 5.15. The van der Waals surface area contributed by atoms with Crippen molar-refractivity contribution in [2.75, 3.05) is 0 Å². The van der Waals surface area contributed by atoms with Gasteiger partial charge in [0.05, 0.1) is 17.0 Å². The first kappa shape index (κ1) is 22.8. The number of carbonyl (C=O) groups excluding carboxylic acids is 1. The van der Waals surface area contributed by atoms with Crippen LogP contribution in [0.25, 0.3) is 11.4 Å². The summed E-state index contributed by atoms with van der Waals surface area (Å²) in [4.78, 5) is 30.4. The van der Waals surface area contributed by atoms with Gasteiger partial charge in [0.25, 0.3) is 0 Å². The van der Waals surface area contributed by atoms with Crippen molar-refractivity contribution in [1.82, 2.24) is 9.97 Å². The summed E-state index contributed by atoms with van der Waals surface area (Å²) in [5, 5.41) is 9.05. The summed E-state index contributed by atoms with van der Waals surface area (Å²) < 4.78 is 34.2. The molecule has 0 aliphatic carbocycles. The fraction of sp³-hybridized carbons (Fsp3) is 0.115. The van der Waals surface area contributed by atoms with E-state index in [0.29, 0.717) is 28.3 Å². The topological polar surface area (TPSA) is 92.3 Å². The molecule has 4 rings (SSSR count). The molecule has 34 heavy (non-hydrogen) atoms. The van der Waals surface area contributed by atoms with E-state index in [4.69, 9.17) is 9.84 Å². The van der Waals surface area contributed by atoms with E-state index in [1.54, 1.807) is 24.3 Å². The van der Waals surface area contributed by atoms with Crippen LogP contribution in [0.5, 0.6) is 11.5 Å². The Bertz CT molecular complexity index is 1380. The van der Waals surface area contributed by atoms with Crippen LogP contribution in [0.2, 0.25) is 0 Å². The number of ether oxygens (including phenoxy) is 1. The number of aryl methyl sites for hydroxylation is 1. The predicted octanol–water partition coefficient (Wildman–Crippen LogP) is 5.51. The Labute approximate surface area is 193 Å². The van der Waals surface area contributed by atoms with Crippen LogP contribution in [0.1, 0.15) is 27.0 Å². The second-order valence-electron chi connectivity index (χ2n) is 7.84. The van der Waals surface area contributed by atoms with Gasteiger partial charge in [-0.2, -0.15) is 0 Å². The zero-order valence-electron chi connectivity index (χ0n) is 18.1. The molecule has 0 fully saturated rings. The minimum Gasteiger partial charge on any atom is -0.478 e. The molecule has 2 N–H and O–H groups in total. The quantitative estimate of drug-likeness (QED) is 0.360. The number of aromatic nitrogens is 2. The summed E-state index contributed by atoms with van der Waals surface area (Å²) in [7, 11) is 0. The van der Waals surface area contributed by atoms with Gasteiger partial charge in [-0.05, 0) is 48.4 Å². The molecular formula is C26H20F2N2O4. The lowest BCUT2D eigenvalue weighted by Crippen LogP contribution is -2.08. The SMILES string of the molecule is Cc1ccc(F)c(CC(=O)Cc2ccc(Oc3ccnc(-c4cc(C(=O)O)c[nH]4)c3)c(F)c2)c1. The number of H-pyrrole nitrogens is 1. The predicted molar refractivity (Wildman–Crippen MR) is 121 cm³/mol. The van der Waals surface area contributed by atoms with Crippen molar-refractivity contribution in [3.63, 3.8) is 0 Å². The van der Waals surface area contributed by atoms with Crippen LogP contribution < -0.4 is 4.74 Å². The van der Waals surface area contributed by atoms with Gasteiger partial charge in [-0.25, -0.2) is 13.6 Å². The number of ketones is 1. The van der Waals surface area contributed by atoms with Crippen LogP contribution >= 0.6 is 0 Å². The number of rotatable bonds is 8. The number of hydrogen-bond acceptors (Lipinski definition) is 4. The Balaban J connectivity index is 1.44. The molecule has 0 unspecified atom stereocenters. The molecular weight excluding hydrogens is 442 g/mol. The third-order valence-electron chi connectivity index (χ3n) is 5.15. The molecule has 0 spiro atoms. The van der Waals surface area contributed by atoms with Gasteiger partial charge in [-0.3, -0.25) is 9.78 Å². The lowest BCUT2D eigenvalue weighted by Gasteiger charge is -2.09. The van der Waals surface area contributed by atoms with Gasteiger partial charge in [0, 0.05) is 31.3 Å². The lowest BCUT2D eigenvalue weighted by molar-refractivity contribution is -0.117. The Hall–Kier alpha value is -4.33. The van der Waals surface area contributed by atoms with E-state index in [2.05, 4.69) is 9.97 Å². The number of halogens is 2. The lowest BCUT2D eigenvalue weighted by atomic mass is 10.0. The Morgan fingerprint density at radius 2 is 1.82 bits per heavy atom. The molecule has 0 atom stereocenters. The molecule has 8 heteroatoms. The van der Waals surface area contributed by atoms with E-state index in [-0.39, 0.29) is 29.9 Å². The summed E-state index contributed by atoms with van der Waals surface area (Å²) in [6.45, 7) is 1.82. The number of carbonyl (C=O) groups is 2. The number of aromatic amines is 1. The summed E-state index contributed by atoms with van der Waals surface area (Å²) >= 11 is 0. The van der Waals surface area contributed by atoms with Gasteiger partial charge in [-0.1, -0.05) is 23.8 Å². The average Bonchev–Trinajstić information content (AvgIpc) is 3.29. The van der Waals surface area contributed by atoms with E-state index in [1.807, 2.05) is 6.92 Å². The molecule has 4 aromatic rings. The smallest absolute Gasteiger partial charge is 0.337 e. The van der Waals surface area contributed by atoms with Gasteiger partial charge < -0.3 is 14.8 Å². The highest BCUT2D eigenvalue weighted by Gasteiger charge is 2.13. The highest BCUT2D eigenvalue weighted by Crippen LogP contribution is 2.28. The van der Waals surface area contributed by atoms with Crippen molar-refractivity contribution < 1.29 is 28.2 Å². The molecule has 2 heterocycles. The molecule has 0 saturated carbocycles. The van der Waals surface area contributed by atoms with E-state index >= 15 is 0 Å². The summed E-state index contributed by atoms with van der Waals surface area (Å²) in [6.07, 6.45) is 2.69. The first-order valence-electron chi connectivity index (χ1n) is 10.4. The Morgan fingerprint density at radius 3 is 2.56 bits per heavy atom. The first-order valence-corrected chi connectivity index (χ1v) is 10.4. The Kier molecular flexibility index (Phi) is 6.49. The number of nitrogens with one attached hydrogen (secondary N) is 1. The van der Waals surface area contributed by atoms with Crippen LogP contribution in [0.3, 0.4) is 0 Å². The Morgan fingerprint density at radius 1 is 1.00 bits per heavy atom. The van der Waals surface area contributed by atoms with Gasteiger partial charge in [-0.15, -0.1) is 0 Å². The molecule has 2 aromatic heterocycles. The fourth-order valence-corrected chi connectivity index (χ4v) is 3.49. The van der Waals surface area contributed by atoms with Crippen molar-refractivity contribution >= 4 is 11.8 Å². The van der Waals surface area contributed by atoms with Crippen LogP contribution in [-0.4, -0.2) is 26.8 Å². The standard InChI is InChI=1S/C26H20F2N2O4/c1-15-2-4-21(27)17(8-15)11-19(31)9-16-3-5-25(22(28)10-16)34-20-6-7-29-24(13-20)23-12-18(14-30-23)26(32)33/h2-8,10,12-14,30H,9,11H2,1H3,(H,32,33). The normalized spacial score (nSPS) is 10.8. The van der Waals surface area contributed by atoms with E-state index in [1.165, 1.54) is 42.7 Å². The van der Waals surface area contributed by atoms with Gasteiger partial charge in [0.1, 0.15) is 17.3 Å². The van der Waals surface area contributed by atoms with Crippen LogP contribution in [0.15, 0.2) is 67.0 Å². The average molecular weight is 462 g/mol. The molecule has 0 amide bonds. The second-order valence-corrected chi connectivity index (χ2v) is 7.84. The summed E-state index contributed by atoms with van der Waals surface area (Å²) in [6, 6.07) is 13.3. The molecule has 0 radical (unpaired) electrons. The highest BCUT2D eigenvalue weighted by atomic mass is 19.1. The van der Waals surface area contributed by atoms with Crippen molar-refractivity contribution in [1.29, 1.82) is 0 Å². The molecule has 2 aromatic carbocycles. The van der Waals surface area contributed by atoms with Crippen molar-refractivity contribution in [3.05, 3.63) is 101 Å². The minimum absolute atomic E-state index is 0.0390. The number of Topliss-reactive ketones (excluding diaryl/α,β-unsaturated/α-hetero) is 1.